The van der Waals surface area contributed by atoms with E-state index in [-0.39, 0.29) is 11.7 Å². The highest BCUT2D eigenvalue weighted by Gasteiger charge is 2.59. The number of nitrogens with one attached hydrogen (secondary N) is 1. The second-order valence-corrected chi connectivity index (χ2v) is 19.3. The summed E-state index contributed by atoms with van der Waals surface area (Å²) in [7, 11) is -4.45. The monoisotopic (exact) mass is 670 g/mol. The molecule has 1 heterocycles. The Morgan fingerprint density at radius 1 is 0.696 bits per heavy atom. The molecule has 236 valence electrons. The standard InChI is InChI=1S/C36H35N2O5PS2/c1-27-22-24-32(25-23-27)46(40,41)44(39,45)38-36(30-18-10-4-11-19-30,31-20-12-5-13-21-31)34-33(42-26-43-34)35(37,28-14-6-2-7-15-28)29-16-8-3-9-17-29/h2-25,33-34H,26,37H2,1H3,(H2,38,39,45). The molecule has 0 spiro atoms. The number of ether oxygens (including phenoxy) is 2. The Kier molecular flexibility index (Phi) is 9.13. The minimum atomic E-state index is -4.48. The number of hydrogen-bond acceptors (Lipinski definition) is 6. The molecule has 0 amide bonds. The van der Waals surface area contributed by atoms with Gasteiger partial charge in [0.1, 0.15) is 24.5 Å². The fraction of sp³-hybridized carbons (Fsp3) is 0.167. The van der Waals surface area contributed by atoms with Crippen molar-refractivity contribution in [2.45, 2.75) is 35.1 Å². The van der Waals surface area contributed by atoms with Crippen molar-refractivity contribution >= 4 is 26.9 Å². The van der Waals surface area contributed by atoms with Crippen molar-refractivity contribution < 1.29 is 22.8 Å². The lowest BCUT2D eigenvalue weighted by molar-refractivity contribution is 0.0211. The molecule has 5 aromatic carbocycles. The molecule has 0 saturated carbocycles. The summed E-state index contributed by atoms with van der Waals surface area (Å²) in [5.41, 5.74) is 3.88. The van der Waals surface area contributed by atoms with Gasteiger partial charge in [0.25, 0.3) is 0 Å². The number of nitrogens with two attached hydrogens (primary N) is 1. The van der Waals surface area contributed by atoms with E-state index in [0.717, 1.165) is 16.7 Å². The molecule has 6 rings (SSSR count). The molecule has 0 aliphatic carbocycles. The minimum absolute atomic E-state index is 0.0756. The third-order valence-electron chi connectivity index (χ3n) is 8.57. The van der Waals surface area contributed by atoms with Crippen LogP contribution in [0.15, 0.2) is 150 Å². The van der Waals surface area contributed by atoms with E-state index in [4.69, 9.17) is 27.0 Å². The topological polar surface area (TPSA) is 111 Å². The third kappa shape index (κ3) is 5.68. The molecule has 46 heavy (non-hydrogen) atoms. The Labute approximate surface area is 274 Å². The van der Waals surface area contributed by atoms with Crippen LogP contribution in [0.5, 0.6) is 0 Å². The van der Waals surface area contributed by atoms with Gasteiger partial charge in [0.15, 0.2) is 0 Å². The molecular formula is C36H35N2O5PS2. The third-order valence-corrected chi connectivity index (χ3v) is 15.6. The summed E-state index contributed by atoms with van der Waals surface area (Å²) in [5.74, 6) is 0. The van der Waals surface area contributed by atoms with Crippen molar-refractivity contribution in [3.05, 3.63) is 173 Å². The number of aryl methyl sites for hydroxylation is 1. The molecule has 1 fully saturated rings. The molecule has 4 N–H and O–H groups in total. The van der Waals surface area contributed by atoms with Crippen molar-refractivity contribution in [2.75, 3.05) is 6.79 Å². The van der Waals surface area contributed by atoms with Crippen molar-refractivity contribution in [3.8, 4) is 0 Å². The second-order valence-electron chi connectivity index (χ2n) is 11.4. The first-order chi connectivity index (χ1) is 22.1. The lowest BCUT2D eigenvalue weighted by Crippen LogP contribution is -2.62. The van der Waals surface area contributed by atoms with E-state index in [9.17, 15) is 13.3 Å². The van der Waals surface area contributed by atoms with Gasteiger partial charge in [0, 0.05) is 0 Å². The van der Waals surface area contributed by atoms with Crippen LogP contribution in [0, 0.1) is 6.92 Å². The summed E-state index contributed by atoms with van der Waals surface area (Å²) in [4.78, 5) is 12.0. The van der Waals surface area contributed by atoms with Crippen molar-refractivity contribution in [1.82, 2.24) is 5.09 Å². The van der Waals surface area contributed by atoms with E-state index in [2.05, 4.69) is 5.09 Å². The van der Waals surface area contributed by atoms with Gasteiger partial charge in [0.2, 0.25) is 15.1 Å². The second kappa shape index (κ2) is 13.0. The average molecular weight is 671 g/mol. The highest BCUT2D eigenvalue weighted by atomic mass is 32.9. The first kappa shape index (κ1) is 32.4. The van der Waals surface area contributed by atoms with Gasteiger partial charge in [-0.25, -0.2) is 13.5 Å². The van der Waals surface area contributed by atoms with Crippen molar-refractivity contribution in [3.63, 3.8) is 0 Å². The van der Waals surface area contributed by atoms with Crippen molar-refractivity contribution in [1.29, 1.82) is 0 Å². The highest BCUT2D eigenvalue weighted by Crippen LogP contribution is 2.56. The van der Waals surface area contributed by atoms with Crippen LogP contribution in [0.3, 0.4) is 0 Å². The van der Waals surface area contributed by atoms with Gasteiger partial charge in [-0.3, -0.25) is 0 Å². The molecular weight excluding hydrogens is 636 g/mol. The SMILES string of the molecule is Cc1ccc(S(=O)(=O)P(O)(=S)NC(c2ccccc2)(c2ccccc2)C2OCOC2C(N)(c2ccccc2)c2ccccc2)cc1. The van der Waals surface area contributed by atoms with Crippen molar-refractivity contribution in [2.24, 2.45) is 5.73 Å². The predicted octanol–water partition coefficient (Wildman–Crippen LogP) is 6.16. The molecule has 3 atom stereocenters. The zero-order chi connectivity index (χ0) is 32.4. The first-order valence-corrected chi connectivity index (χ1v) is 19.6. The highest BCUT2D eigenvalue weighted by molar-refractivity contribution is 8.64. The molecule has 1 aliphatic rings. The molecule has 7 nitrogen and oxygen atoms in total. The number of rotatable bonds is 10. The van der Waals surface area contributed by atoms with E-state index in [1.807, 2.05) is 128 Å². The van der Waals surface area contributed by atoms with Gasteiger partial charge >= 0.3 is 0 Å². The molecule has 0 radical (unpaired) electrons. The average Bonchev–Trinajstić information content (AvgIpc) is 3.60. The van der Waals surface area contributed by atoms with Crippen LogP contribution in [0.4, 0.5) is 0 Å². The summed E-state index contributed by atoms with van der Waals surface area (Å²) < 4.78 is 41.3. The quantitative estimate of drug-likeness (QED) is 0.152. The molecule has 5 aromatic rings. The van der Waals surface area contributed by atoms with Crippen LogP contribution in [-0.4, -0.2) is 32.3 Å². The summed E-state index contributed by atoms with van der Waals surface area (Å²) >= 11 is 5.74. The Bertz CT molecular complexity index is 1850. The number of benzene rings is 5. The molecule has 0 aromatic heterocycles. The molecule has 1 saturated heterocycles. The Morgan fingerprint density at radius 3 is 1.52 bits per heavy atom. The maximum atomic E-state index is 14.2. The van der Waals surface area contributed by atoms with E-state index in [1.54, 1.807) is 12.1 Å². The van der Waals surface area contributed by atoms with E-state index in [1.165, 1.54) is 12.1 Å². The molecule has 1 aliphatic heterocycles. The minimum Gasteiger partial charge on any atom is -0.347 e. The summed E-state index contributed by atoms with van der Waals surface area (Å²) in [6.45, 7) is 1.73. The molecule has 3 unspecified atom stereocenters. The van der Waals surface area contributed by atoms with Crippen LogP contribution >= 0.6 is 5.62 Å². The van der Waals surface area contributed by atoms with Crippen LogP contribution in [0.1, 0.15) is 27.8 Å². The van der Waals surface area contributed by atoms with Crippen LogP contribution in [0.2, 0.25) is 0 Å². The first-order valence-electron chi connectivity index (χ1n) is 14.8. The van der Waals surface area contributed by atoms with Gasteiger partial charge in [-0.1, -0.05) is 139 Å². The lowest BCUT2D eigenvalue weighted by Gasteiger charge is -2.47. The maximum Gasteiger partial charge on any atom is 0.248 e. The zero-order valence-electron chi connectivity index (χ0n) is 25.1. The summed E-state index contributed by atoms with van der Waals surface area (Å²) in [6, 6.07) is 44.0. The largest absolute Gasteiger partial charge is 0.347 e. The van der Waals surface area contributed by atoms with Crippen LogP contribution in [0.25, 0.3) is 0 Å². The maximum absolute atomic E-state index is 14.2. The normalized spacial score (nSPS) is 18.6. The van der Waals surface area contributed by atoms with Crippen LogP contribution in [-0.2, 0) is 41.8 Å². The number of hydrogen-bond donors (Lipinski definition) is 3. The summed E-state index contributed by atoms with van der Waals surface area (Å²) in [5, 5.41) is 3.17. The van der Waals surface area contributed by atoms with Crippen LogP contribution < -0.4 is 10.8 Å². The van der Waals surface area contributed by atoms with Gasteiger partial charge in [-0.2, -0.15) is 0 Å². The predicted molar refractivity (Wildman–Crippen MR) is 184 cm³/mol. The van der Waals surface area contributed by atoms with Gasteiger partial charge in [-0.05, 0) is 53.1 Å². The Morgan fingerprint density at radius 2 is 1.09 bits per heavy atom. The van der Waals surface area contributed by atoms with E-state index in [0.29, 0.717) is 11.1 Å². The van der Waals surface area contributed by atoms with E-state index >= 15 is 0 Å². The molecule has 10 heteroatoms. The van der Waals surface area contributed by atoms with E-state index < -0.39 is 38.4 Å². The fourth-order valence-electron chi connectivity index (χ4n) is 6.23. The summed E-state index contributed by atoms with van der Waals surface area (Å²) in [6.07, 6.45) is -1.87. The Balaban J connectivity index is 1.61. The Hall–Kier alpha value is -3.50. The fourth-order valence-corrected chi connectivity index (χ4v) is 11.2. The van der Waals surface area contributed by atoms with Gasteiger partial charge < -0.3 is 20.1 Å². The van der Waals surface area contributed by atoms with Gasteiger partial charge in [0.05, 0.1) is 10.4 Å². The van der Waals surface area contributed by atoms with Gasteiger partial charge in [-0.15, -0.1) is 0 Å². The lowest BCUT2D eigenvalue weighted by atomic mass is 9.69. The molecule has 0 bridgehead atoms. The smallest absolute Gasteiger partial charge is 0.248 e. The zero-order valence-corrected chi connectivity index (χ0v) is 27.7.